The van der Waals surface area contributed by atoms with E-state index >= 15 is 0 Å². The molecule has 0 aliphatic carbocycles. The van der Waals surface area contributed by atoms with Gasteiger partial charge >= 0.3 is 0 Å². The zero-order chi connectivity index (χ0) is 19.1. The third-order valence-electron chi connectivity index (χ3n) is 4.97. The minimum Gasteiger partial charge on any atom is -0.467 e. The molecule has 1 atom stereocenters. The molecular formula is C21H28ClN3OS. The van der Waals surface area contributed by atoms with Gasteiger partial charge in [0.2, 0.25) is 0 Å². The molecule has 1 aromatic heterocycles. The van der Waals surface area contributed by atoms with Crippen molar-refractivity contribution in [1.82, 2.24) is 9.80 Å². The molecule has 1 saturated heterocycles. The summed E-state index contributed by atoms with van der Waals surface area (Å²) in [6.07, 6.45) is 5.43. The molecule has 2 aromatic rings. The van der Waals surface area contributed by atoms with Crippen LogP contribution in [0.1, 0.15) is 31.9 Å². The van der Waals surface area contributed by atoms with Crippen LogP contribution in [0.25, 0.3) is 0 Å². The summed E-state index contributed by atoms with van der Waals surface area (Å²) >= 11 is 11.9. The number of furan rings is 1. The molecule has 4 nitrogen and oxygen atoms in total. The number of likely N-dealkylation sites (tertiary alicyclic amines) is 1. The Bertz CT molecular complexity index is 722. The standard InChI is InChI=1S/C21H28ClN3OS/c1-17-7-4-11-24(15-17)12-6-13-25(16-18-8-5-14-26-18)21(27)23-20-10-3-2-9-19(20)22/h2-3,5,8-10,14,17H,4,6-7,11-13,15-16H2,1H3,(H,23,27). The first kappa shape index (κ1) is 20.2. The van der Waals surface area contributed by atoms with E-state index in [0.717, 1.165) is 36.9 Å². The van der Waals surface area contributed by atoms with Crippen LogP contribution in [0.2, 0.25) is 5.02 Å². The molecule has 1 unspecified atom stereocenters. The number of para-hydroxylation sites is 1. The van der Waals surface area contributed by atoms with Crippen LogP contribution in [0, 0.1) is 5.92 Å². The van der Waals surface area contributed by atoms with Gasteiger partial charge in [-0.25, -0.2) is 0 Å². The van der Waals surface area contributed by atoms with Gasteiger partial charge in [0.05, 0.1) is 23.5 Å². The monoisotopic (exact) mass is 405 g/mol. The van der Waals surface area contributed by atoms with E-state index in [1.807, 2.05) is 36.4 Å². The van der Waals surface area contributed by atoms with Crippen molar-refractivity contribution in [2.24, 2.45) is 5.92 Å². The summed E-state index contributed by atoms with van der Waals surface area (Å²) in [7, 11) is 0. The fourth-order valence-corrected chi connectivity index (χ4v) is 4.02. The largest absolute Gasteiger partial charge is 0.467 e. The summed E-state index contributed by atoms with van der Waals surface area (Å²) in [4.78, 5) is 4.73. The van der Waals surface area contributed by atoms with Gasteiger partial charge in [-0.3, -0.25) is 0 Å². The second-order valence-corrected chi connectivity index (χ2v) is 8.11. The van der Waals surface area contributed by atoms with Crippen molar-refractivity contribution in [1.29, 1.82) is 0 Å². The molecule has 1 aliphatic rings. The number of anilines is 1. The Labute approximate surface area is 172 Å². The Morgan fingerprint density at radius 1 is 1.33 bits per heavy atom. The number of halogens is 1. The minimum absolute atomic E-state index is 0.652. The van der Waals surface area contributed by atoms with Crippen LogP contribution in [0.4, 0.5) is 5.69 Å². The Balaban J connectivity index is 1.58. The van der Waals surface area contributed by atoms with Crippen molar-refractivity contribution < 1.29 is 4.42 Å². The number of nitrogens with zero attached hydrogens (tertiary/aromatic N) is 2. The Morgan fingerprint density at radius 3 is 2.93 bits per heavy atom. The zero-order valence-electron chi connectivity index (χ0n) is 15.9. The molecule has 0 saturated carbocycles. The third kappa shape index (κ3) is 6.23. The number of hydrogen-bond acceptors (Lipinski definition) is 3. The molecule has 0 bridgehead atoms. The van der Waals surface area contributed by atoms with Crippen molar-refractivity contribution in [3.63, 3.8) is 0 Å². The molecule has 0 radical (unpaired) electrons. The number of rotatable bonds is 7. The molecule has 3 rings (SSSR count). The maximum Gasteiger partial charge on any atom is 0.173 e. The maximum atomic E-state index is 6.27. The lowest BCUT2D eigenvalue weighted by molar-refractivity contribution is 0.177. The van der Waals surface area contributed by atoms with Gasteiger partial charge in [-0.1, -0.05) is 30.7 Å². The molecule has 27 heavy (non-hydrogen) atoms. The fourth-order valence-electron chi connectivity index (χ4n) is 3.57. The summed E-state index contributed by atoms with van der Waals surface area (Å²) < 4.78 is 5.53. The normalized spacial score (nSPS) is 17.6. The van der Waals surface area contributed by atoms with E-state index in [0.29, 0.717) is 16.7 Å². The lowest BCUT2D eigenvalue weighted by Crippen LogP contribution is -2.39. The molecule has 1 aliphatic heterocycles. The van der Waals surface area contributed by atoms with E-state index < -0.39 is 0 Å². The van der Waals surface area contributed by atoms with E-state index in [-0.39, 0.29) is 0 Å². The quantitative estimate of drug-likeness (QED) is 0.635. The SMILES string of the molecule is CC1CCCN(CCCN(Cc2ccco2)C(=S)Nc2ccccc2Cl)C1. The van der Waals surface area contributed by atoms with Crippen LogP contribution in [0.3, 0.4) is 0 Å². The van der Waals surface area contributed by atoms with Crippen LogP contribution in [0.5, 0.6) is 0 Å². The highest BCUT2D eigenvalue weighted by Gasteiger charge is 2.17. The molecule has 0 spiro atoms. The smallest absolute Gasteiger partial charge is 0.173 e. The van der Waals surface area contributed by atoms with E-state index in [1.54, 1.807) is 6.26 Å². The van der Waals surface area contributed by atoms with Crippen LogP contribution in [0.15, 0.2) is 47.1 Å². The first-order valence-corrected chi connectivity index (χ1v) is 10.5. The Hall–Kier alpha value is -1.56. The van der Waals surface area contributed by atoms with Gasteiger partial charge in [0.15, 0.2) is 5.11 Å². The molecule has 1 aromatic carbocycles. The minimum atomic E-state index is 0.652. The van der Waals surface area contributed by atoms with Crippen LogP contribution >= 0.6 is 23.8 Å². The van der Waals surface area contributed by atoms with E-state index in [1.165, 1.54) is 25.9 Å². The topological polar surface area (TPSA) is 31.6 Å². The van der Waals surface area contributed by atoms with Crippen LogP contribution < -0.4 is 5.32 Å². The number of hydrogen-bond donors (Lipinski definition) is 1. The van der Waals surface area contributed by atoms with Gasteiger partial charge in [-0.15, -0.1) is 0 Å². The fraction of sp³-hybridized carbons (Fsp3) is 0.476. The van der Waals surface area contributed by atoms with Gasteiger partial charge in [0.1, 0.15) is 5.76 Å². The molecular weight excluding hydrogens is 378 g/mol. The first-order valence-electron chi connectivity index (χ1n) is 9.67. The lowest BCUT2D eigenvalue weighted by Gasteiger charge is -2.32. The molecule has 1 fully saturated rings. The van der Waals surface area contributed by atoms with Gasteiger partial charge in [0.25, 0.3) is 0 Å². The number of nitrogens with one attached hydrogen (secondary N) is 1. The van der Waals surface area contributed by atoms with E-state index in [4.69, 9.17) is 28.2 Å². The molecule has 0 amide bonds. The van der Waals surface area contributed by atoms with Crippen molar-refractivity contribution in [3.8, 4) is 0 Å². The van der Waals surface area contributed by atoms with Crippen LogP contribution in [-0.2, 0) is 6.54 Å². The van der Waals surface area contributed by atoms with Crippen molar-refractivity contribution >= 4 is 34.6 Å². The Kier molecular flexibility index (Phi) is 7.56. The highest BCUT2D eigenvalue weighted by atomic mass is 35.5. The summed E-state index contributed by atoms with van der Waals surface area (Å²) in [5.41, 5.74) is 0.832. The van der Waals surface area contributed by atoms with Crippen molar-refractivity contribution in [2.45, 2.75) is 32.7 Å². The molecule has 6 heteroatoms. The summed E-state index contributed by atoms with van der Waals surface area (Å²) in [6, 6.07) is 11.6. The van der Waals surface area contributed by atoms with Gasteiger partial charge in [0, 0.05) is 13.1 Å². The summed E-state index contributed by atoms with van der Waals surface area (Å²) in [5.74, 6) is 1.71. The van der Waals surface area contributed by atoms with E-state index in [9.17, 15) is 0 Å². The number of piperidine rings is 1. The highest BCUT2D eigenvalue weighted by molar-refractivity contribution is 7.80. The maximum absolute atomic E-state index is 6.27. The third-order valence-corrected chi connectivity index (χ3v) is 5.66. The summed E-state index contributed by atoms with van der Waals surface area (Å²) in [5, 5.41) is 4.63. The van der Waals surface area contributed by atoms with Crippen molar-refractivity contribution in [2.75, 3.05) is 31.5 Å². The molecule has 146 valence electrons. The number of benzene rings is 1. The highest BCUT2D eigenvalue weighted by Crippen LogP contribution is 2.21. The van der Waals surface area contributed by atoms with Crippen LogP contribution in [-0.4, -0.2) is 41.1 Å². The lowest BCUT2D eigenvalue weighted by atomic mass is 10.0. The van der Waals surface area contributed by atoms with E-state index in [2.05, 4.69) is 22.0 Å². The first-order chi connectivity index (χ1) is 13.1. The number of thiocarbonyl (C=S) groups is 1. The average molecular weight is 406 g/mol. The Morgan fingerprint density at radius 2 is 2.19 bits per heavy atom. The predicted molar refractivity (Wildman–Crippen MR) is 116 cm³/mol. The average Bonchev–Trinajstić information content (AvgIpc) is 3.16. The van der Waals surface area contributed by atoms with Gasteiger partial charge in [-0.05, 0) is 74.8 Å². The second-order valence-electron chi connectivity index (χ2n) is 7.31. The van der Waals surface area contributed by atoms with Gasteiger partial charge < -0.3 is 19.5 Å². The summed E-state index contributed by atoms with van der Waals surface area (Å²) in [6.45, 7) is 7.40. The predicted octanol–water partition coefficient (Wildman–Crippen LogP) is 5.25. The molecule has 2 heterocycles. The van der Waals surface area contributed by atoms with Crippen molar-refractivity contribution in [3.05, 3.63) is 53.4 Å². The zero-order valence-corrected chi connectivity index (χ0v) is 17.4. The molecule has 1 N–H and O–H groups in total. The second kappa shape index (κ2) is 10.1. The van der Waals surface area contributed by atoms with Gasteiger partial charge in [-0.2, -0.15) is 0 Å².